The van der Waals surface area contributed by atoms with Crippen molar-refractivity contribution < 1.29 is 14.0 Å². The number of halogens is 1. The van der Waals surface area contributed by atoms with Crippen LogP contribution in [0.5, 0.6) is 0 Å². The zero-order chi connectivity index (χ0) is 18.4. The monoisotopic (exact) mass is 366 g/mol. The first-order chi connectivity index (χ1) is 12.6. The van der Waals surface area contributed by atoms with Gasteiger partial charge in [0.15, 0.2) is 0 Å². The van der Waals surface area contributed by atoms with Gasteiger partial charge in [-0.25, -0.2) is 0 Å². The summed E-state index contributed by atoms with van der Waals surface area (Å²) in [6.07, 6.45) is 2.95. The summed E-state index contributed by atoms with van der Waals surface area (Å²) in [7, 11) is 0. The summed E-state index contributed by atoms with van der Waals surface area (Å²) in [4.78, 5) is 25.0. The lowest BCUT2D eigenvalue weighted by Gasteiger charge is -2.11. The van der Waals surface area contributed by atoms with Crippen LogP contribution in [-0.2, 0) is 4.79 Å². The minimum atomic E-state index is -0.463. The van der Waals surface area contributed by atoms with Gasteiger partial charge in [0, 0.05) is 22.3 Å². The Morgan fingerprint density at radius 2 is 1.65 bits per heavy atom. The number of carbonyl (C=O) groups is 2. The van der Waals surface area contributed by atoms with Crippen molar-refractivity contribution in [3.63, 3.8) is 0 Å². The topological polar surface area (TPSA) is 71.3 Å². The maximum atomic E-state index is 12.6. The standard InChI is InChI=1S/C20H15ClN2O3/c21-15-10-8-14(9-11-15)19(24)23-18(13-17-7-4-12-26-17)20(25)22-16-5-2-1-3-6-16/h1-13H,(H,22,25)(H,23,24). The Kier molecular flexibility index (Phi) is 5.51. The molecule has 2 amide bonds. The van der Waals surface area contributed by atoms with E-state index in [9.17, 15) is 9.59 Å². The molecule has 0 fully saturated rings. The van der Waals surface area contributed by atoms with Crippen molar-refractivity contribution in [3.05, 3.63) is 95.0 Å². The van der Waals surface area contributed by atoms with Gasteiger partial charge in [-0.05, 0) is 48.5 Å². The van der Waals surface area contributed by atoms with Crippen molar-refractivity contribution in [2.75, 3.05) is 5.32 Å². The Hall–Kier alpha value is -3.31. The minimum Gasteiger partial charge on any atom is -0.465 e. The first kappa shape index (κ1) is 17.5. The molecule has 3 rings (SSSR count). The molecule has 0 spiro atoms. The fourth-order valence-corrected chi connectivity index (χ4v) is 2.32. The Bertz CT molecular complexity index is 917. The van der Waals surface area contributed by atoms with E-state index in [4.69, 9.17) is 16.0 Å². The number of amides is 2. The molecule has 0 bridgehead atoms. The van der Waals surface area contributed by atoms with E-state index in [1.165, 1.54) is 12.3 Å². The predicted octanol–water partition coefficient (Wildman–Crippen LogP) is 4.34. The lowest BCUT2D eigenvalue weighted by Crippen LogP contribution is -2.30. The van der Waals surface area contributed by atoms with E-state index in [1.54, 1.807) is 60.7 Å². The number of para-hydroxylation sites is 1. The summed E-state index contributed by atoms with van der Waals surface area (Å²) in [6.45, 7) is 0. The van der Waals surface area contributed by atoms with Crippen molar-refractivity contribution in [3.8, 4) is 0 Å². The van der Waals surface area contributed by atoms with Gasteiger partial charge in [-0.2, -0.15) is 0 Å². The summed E-state index contributed by atoms with van der Waals surface area (Å²) < 4.78 is 5.24. The molecular formula is C20H15ClN2O3. The summed E-state index contributed by atoms with van der Waals surface area (Å²) >= 11 is 5.84. The molecule has 0 aliphatic heterocycles. The Morgan fingerprint density at radius 1 is 0.923 bits per heavy atom. The average molecular weight is 367 g/mol. The second-order valence-corrected chi connectivity index (χ2v) is 5.79. The summed E-state index contributed by atoms with van der Waals surface area (Å²) in [5.74, 6) is -0.447. The summed E-state index contributed by atoms with van der Waals surface area (Å²) in [5.41, 5.74) is 1.06. The lowest BCUT2D eigenvalue weighted by atomic mass is 10.2. The van der Waals surface area contributed by atoms with E-state index in [0.29, 0.717) is 22.0 Å². The molecule has 0 aliphatic rings. The third kappa shape index (κ3) is 4.62. The largest absolute Gasteiger partial charge is 0.465 e. The Labute approximate surface area is 155 Å². The zero-order valence-corrected chi connectivity index (χ0v) is 14.4. The average Bonchev–Trinajstić information content (AvgIpc) is 3.15. The lowest BCUT2D eigenvalue weighted by molar-refractivity contribution is -0.113. The van der Waals surface area contributed by atoms with Crippen LogP contribution >= 0.6 is 11.6 Å². The van der Waals surface area contributed by atoms with E-state index in [-0.39, 0.29) is 5.70 Å². The molecule has 2 aromatic carbocycles. The number of hydrogen-bond donors (Lipinski definition) is 2. The number of anilines is 1. The first-order valence-electron chi connectivity index (χ1n) is 7.80. The van der Waals surface area contributed by atoms with E-state index in [1.807, 2.05) is 6.07 Å². The van der Waals surface area contributed by atoms with Crippen molar-refractivity contribution in [1.29, 1.82) is 0 Å². The molecule has 0 saturated carbocycles. The summed E-state index contributed by atoms with van der Waals surface area (Å²) in [6, 6.07) is 18.7. The number of hydrogen-bond acceptors (Lipinski definition) is 3. The third-order valence-corrected chi connectivity index (χ3v) is 3.71. The fraction of sp³-hybridized carbons (Fsp3) is 0. The SMILES string of the molecule is O=C(Nc1ccccc1)C(=Cc1ccco1)NC(=O)c1ccc(Cl)cc1. The van der Waals surface area contributed by atoms with Crippen LogP contribution in [0.25, 0.3) is 6.08 Å². The molecule has 130 valence electrons. The predicted molar refractivity (Wildman–Crippen MR) is 101 cm³/mol. The van der Waals surface area contributed by atoms with Gasteiger partial charge in [-0.15, -0.1) is 0 Å². The van der Waals surface area contributed by atoms with E-state index in [2.05, 4.69) is 10.6 Å². The zero-order valence-electron chi connectivity index (χ0n) is 13.6. The molecule has 26 heavy (non-hydrogen) atoms. The van der Waals surface area contributed by atoms with Gasteiger partial charge < -0.3 is 15.1 Å². The molecule has 0 atom stereocenters. The second kappa shape index (κ2) is 8.18. The van der Waals surface area contributed by atoms with Crippen molar-refractivity contribution >= 4 is 35.2 Å². The van der Waals surface area contributed by atoms with Gasteiger partial charge in [0.25, 0.3) is 11.8 Å². The first-order valence-corrected chi connectivity index (χ1v) is 8.18. The van der Waals surface area contributed by atoms with E-state index < -0.39 is 11.8 Å². The van der Waals surface area contributed by atoms with Gasteiger partial charge in [-0.3, -0.25) is 9.59 Å². The Balaban J connectivity index is 1.82. The van der Waals surface area contributed by atoms with E-state index in [0.717, 1.165) is 0 Å². The second-order valence-electron chi connectivity index (χ2n) is 5.35. The molecular weight excluding hydrogens is 352 g/mol. The highest BCUT2D eigenvalue weighted by atomic mass is 35.5. The number of nitrogens with one attached hydrogen (secondary N) is 2. The molecule has 3 aromatic rings. The minimum absolute atomic E-state index is 0.0590. The highest BCUT2D eigenvalue weighted by Crippen LogP contribution is 2.13. The van der Waals surface area contributed by atoms with Gasteiger partial charge in [0.05, 0.1) is 6.26 Å². The molecule has 0 saturated heterocycles. The van der Waals surface area contributed by atoms with Crippen molar-refractivity contribution in [2.45, 2.75) is 0 Å². The molecule has 1 heterocycles. The third-order valence-electron chi connectivity index (χ3n) is 3.46. The number of rotatable bonds is 5. The smallest absolute Gasteiger partial charge is 0.272 e. The van der Waals surface area contributed by atoms with Crippen LogP contribution in [-0.4, -0.2) is 11.8 Å². The van der Waals surface area contributed by atoms with Gasteiger partial charge in [0.1, 0.15) is 11.5 Å². The van der Waals surface area contributed by atoms with Gasteiger partial charge in [-0.1, -0.05) is 29.8 Å². The van der Waals surface area contributed by atoms with Crippen molar-refractivity contribution in [1.82, 2.24) is 5.32 Å². The molecule has 2 N–H and O–H groups in total. The van der Waals surface area contributed by atoms with Crippen LogP contribution in [0.3, 0.4) is 0 Å². The fourth-order valence-electron chi connectivity index (χ4n) is 2.19. The molecule has 6 heteroatoms. The molecule has 0 unspecified atom stereocenters. The van der Waals surface area contributed by atoms with Crippen molar-refractivity contribution in [2.24, 2.45) is 0 Å². The number of furan rings is 1. The highest BCUT2D eigenvalue weighted by Gasteiger charge is 2.15. The van der Waals surface area contributed by atoms with E-state index >= 15 is 0 Å². The Morgan fingerprint density at radius 3 is 2.31 bits per heavy atom. The van der Waals surface area contributed by atoms with Crippen LogP contribution in [0, 0.1) is 0 Å². The van der Waals surface area contributed by atoms with Crippen LogP contribution in [0.2, 0.25) is 5.02 Å². The van der Waals surface area contributed by atoms with Crippen LogP contribution in [0.4, 0.5) is 5.69 Å². The molecule has 5 nitrogen and oxygen atoms in total. The number of benzene rings is 2. The maximum absolute atomic E-state index is 12.6. The normalized spacial score (nSPS) is 11.0. The highest BCUT2D eigenvalue weighted by molar-refractivity contribution is 6.30. The molecule has 1 aromatic heterocycles. The number of carbonyl (C=O) groups excluding carboxylic acids is 2. The van der Waals surface area contributed by atoms with Gasteiger partial charge >= 0.3 is 0 Å². The van der Waals surface area contributed by atoms with Crippen LogP contribution in [0.15, 0.2) is 83.1 Å². The summed E-state index contributed by atoms with van der Waals surface area (Å²) in [5, 5.41) is 5.88. The van der Waals surface area contributed by atoms with Crippen LogP contribution < -0.4 is 10.6 Å². The maximum Gasteiger partial charge on any atom is 0.272 e. The molecule has 0 radical (unpaired) electrons. The van der Waals surface area contributed by atoms with Crippen LogP contribution in [0.1, 0.15) is 16.1 Å². The molecule has 0 aliphatic carbocycles. The quantitative estimate of drug-likeness (QED) is 0.660. The van der Waals surface area contributed by atoms with Gasteiger partial charge in [0.2, 0.25) is 0 Å².